The van der Waals surface area contributed by atoms with E-state index in [1.54, 1.807) is 40.2 Å². The monoisotopic (exact) mass is 1320 g/mol. The summed E-state index contributed by atoms with van der Waals surface area (Å²) in [4.78, 5) is 26.6. The predicted molar refractivity (Wildman–Crippen MR) is 357 cm³/mol. The number of aromatic hydroxyl groups is 2. The number of esters is 1. The molecule has 7 fully saturated rings. The lowest BCUT2D eigenvalue weighted by Gasteiger charge is -2.69. The lowest BCUT2D eigenvalue weighted by atomic mass is 9.34. The van der Waals surface area contributed by atoms with Crippen molar-refractivity contribution in [1.29, 1.82) is 0 Å². The third-order valence-electron chi connectivity index (χ3n) is 26.1. The number of carbonyl (C=O) groups is 2. The molecule has 18 nitrogen and oxygen atoms in total. The summed E-state index contributed by atoms with van der Waals surface area (Å²) in [6.45, 7) is 29.6. The largest absolute Gasteiger partial charge is 0.504 e. The minimum atomic E-state index is -1.84. The van der Waals surface area contributed by atoms with E-state index in [0.29, 0.717) is 49.2 Å². The zero-order valence-electron chi connectivity index (χ0n) is 59.4. The van der Waals surface area contributed by atoms with E-state index >= 15 is 0 Å². The first kappa shape index (κ1) is 72.0. The van der Waals surface area contributed by atoms with Gasteiger partial charge in [-0.3, -0.25) is 9.59 Å². The van der Waals surface area contributed by atoms with Gasteiger partial charge >= 0.3 is 11.9 Å². The second kappa shape index (κ2) is 27.0. The second-order valence-corrected chi connectivity index (χ2v) is 32.0. The molecule has 4 saturated heterocycles. The van der Waals surface area contributed by atoms with Crippen LogP contribution in [0, 0.1) is 58.2 Å². The van der Waals surface area contributed by atoms with Crippen LogP contribution >= 0.6 is 0 Å². The Morgan fingerprint density at radius 1 is 0.800 bits per heavy atom. The molecule has 11 aliphatic rings. The Morgan fingerprint density at radius 3 is 2.20 bits per heavy atom. The van der Waals surface area contributed by atoms with Crippen molar-refractivity contribution in [3.63, 3.8) is 0 Å². The Bertz CT molecular complexity index is 3220. The number of hydrogen-bond donors (Lipinski definition) is 6. The van der Waals surface area contributed by atoms with Crippen LogP contribution < -0.4 is 0 Å². The first-order chi connectivity index (χ1) is 44.7. The molecule has 0 aromatic heterocycles. The number of methoxy groups -OCH3 is 2. The molecule has 1 aromatic carbocycles. The van der Waals surface area contributed by atoms with Gasteiger partial charge in [0.05, 0.1) is 54.7 Å². The first-order valence-corrected chi connectivity index (χ1v) is 35.6. The fourth-order valence-corrected chi connectivity index (χ4v) is 19.5. The minimum Gasteiger partial charge on any atom is -0.504 e. The summed E-state index contributed by atoms with van der Waals surface area (Å²) in [5, 5.41) is 65.1. The van der Waals surface area contributed by atoms with Gasteiger partial charge in [0.1, 0.15) is 42.0 Å². The third kappa shape index (κ3) is 12.7. The molecule has 6 N–H and O–H groups in total. The van der Waals surface area contributed by atoms with E-state index < -0.39 is 102 Å². The molecule has 528 valence electrons. The number of carboxylic acids is 1. The van der Waals surface area contributed by atoms with Gasteiger partial charge in [0, 0.05) is 57.2 Å². The molecule has 1 spiro atoms. The molecule has 3 saturated carbocycles. The van der Waals surface area contributed by atoms with E-state index in [-0.39, 0.29) is 75.8 Å². The zero-order valence-corrected chi connectivity index (χ0v) is 59.4. The average molecular weight is 1330 g/mol. The molecule has 6 aliphatic heterocycles. The van der Waals surface area contributed by atoms with E-state index in [9.17, 15) is 40.2 Å². The van der Waals surface area contributed by atoms with Crippen molar-refractivity contribution in [3.8, 4) is 11.5 Å². The second-order valence-electron chi connectivity index (χ2n) is 32.0. The smallest absolute Gasteiger partial charge is 0.316 e. The van der Waals surface area contributed by atoms with Crippen LogP contribution in [0.4, 0.5) is 0 Å². The molecule has 18 heteroatoms. The predicted octanol–water partition coefficient (Wildman–Crippen LogP) is 12.0. The van der Waals surface area contributed by atoms with Gasteiger partial charge in [-0.05, 0) is 173 Å². The summed E-state index contributed by atoms with van der Waals surface area (Å²) in [6.07, 6.45) is 18.6. The number of aliphatic hydroxyl groups is 3. The topological polar surface area (TPSA) is 248 Å². The SMILES string of the molecule is CCC(C)C1OC2(C=CC1C)CC1CC(CC=C(C)C(OC3CC(OC)C(OC4CC(OC)C(O)C(C)O4)C(C)O3)C(C)C=CC=C3COC4C(O)C(C)=CC(C(=O)O1)C34O)O2.Cc1c(O)c(O)cc2c1CC=C1C2(C)CCC2(C)C3CC(C)(C(=O)O)CCC3(C)CCC12C. The van der Waals surface area contributed by atoms with Crippen LogP contribution in [0.5, 0.6) is 11.5 Å². The summed E-state index contributed by atoms with van der Waals surface area (Å²) >= 11 is 0. The van der Waals surface area contributed by atoms with E-state index in [1.807, 2.05) is 52.0 Å². The number of aliphatic hydroxyl groups excluding tert-OH is 2. The van der Waals surface area contributed by atoms with Crippen LogP contribution in [0.15, 0.2) is 77.0 Å². The zero-order chi connectivity index (χ0) is 68.9. The van der Waals surface area contributed by atoms with Crippen LogP contribution in [0.1, 0.15) is 190 Å². The van der Waals surface area contributed by atoms with Gasteiger partial charge in [-0.15, -0.1) is 0 Å². The molecule has 2 bridgehead atoms. The standard InChI is InChI=1S/C48H72O14.C29H40O4/c1-11-25(2)43-28(5)17-18-47(62-43)23-34-20-33(61-47)16-15-27(4)42(26(3)13-12-14-32-24-55-45-40(49)29(6)19-35(46(51)58-34)48(32,45)52)59-39-22-37(54-10)44(31(8)57-39)60-38-21-36(53-9)41(50)30(7)56-38;1-17-18-7-8-21-27(4,19(18)15-20(30)23(17)31)12-14-29(6)22-16-26(3,24(32)33)10-9-25(22,2)11-13-28(21,29)5/h12-15,17-19,25-26,28,30-31,33-45,49-50,52H,11,16,20-24H2,1-10H3;8,15,22,30-31H,7,9-14,16H2,1-6H3,(H,32,33). The lowest BCUT2D eigenvalue weighted by molar-refractivity contribution is -0.318. The molecule has 26 atom stereocenters. The molecule has 95 heavy (non-hydrogen) atoms. The fourth-order valence-electron chi connectivity index (χ4n) is 19.5. The molecular weight excluding hydrogens is 1210 g/mol. The Hall–Kier alpha value is -4.28. The van der Waals surface area contributed by atoms with E-state index in [1.165, 1.54) is 11.1 Å². The van der Waals surface area contributed by atoms with Gasteiger partial charge in [0.15, 0.2) is 29.9 Å². The number of phenolic OH excluding ortho intramolecular Hbond substituents is 2. The van der Waals surface area contributed by atoms with Gasteiger partial charge in [-0.2, -0.15) is 0 Å². The molecular formula is C77H112O18. The summed E-state index contributed by atoms with van der Waals surface area (Å²) in [6, 6.07) is 1.81. The summed E-state index contributed by atoms with van der Waals surface area (Å²) in [7, 11) is 3.22. The average Bonchev–Trinajstić information content (AvgIpc) is 1.03. The number of carboxylic acid groups (broad SMARTS) is 1. The molecule has 6 heterocycles. The van der Waals surface area contributed by atoms with Crippen molar-refractivity contribution >= 4 is 11.9 Å². The molecule has 0 radical (unpaired) electrons. The van der Waals surface area contributed by atoms with Crippen molar-refractivity contribution in [1.82, 2.24) is 0 Å². The van der Waals surface area contributed by atoms with Crippen LogP contribution in [0.2, 0.25) is 0 Å². The van der Waals surface area contributed by atoms with Crippen molar-refractivity contribution in [2.24, 2.45) is 51.2 Å². The molecule has 26 unspecified atom stereocenters. The molecule has 0 amide bonds. The number of phenols is 2. The molecule has 5 aliphatic carbocycles. The highest BCUT2D eigenvalue weighted by atomic mass is 16.7. The van der Waals surface area contributed by atoms with Gasteiger partial charge in [-0.1, -0.05) is 110 Å². The normalized spacial score (nSPS) is 45.9. The minimum absolute atomic E-state index is 0.00431. The lowest BCUT2D eigenvalue weighted by Crippen LogP contribution is -2.62. The first-order valence-electron chi connectivity index (χ1n) is 35.6. The molecule has 1 aromatic rings. The van der Waals surface area contributed by atoms with Crippen LogP contribution in [-0.2, 0) is 68.8 Å². The summed E-state index contributed by atoms with van der Waals surface area (Å²) < 4.78 is 63.7. The highest BCUT2D eigenvalue weighted by Gasteiger charge is 2.68. The maximum atomic E-state index is 14.3. The van der Waals surface area contributed by atoms with Crippen molar-refractivity contribution in [3.05, 3.63) is 93.7 Å². The number of carbonyl (C=O) groups excluding carboxylic acids is 1. The van der Waals surface area contributed by atoms with Crippen molar-refractivity contribution < 1.29 is 87.6 Å². The Labute approximate surface area is 563 Å². The van der Waals surface area contributed by atoms with E-state index in [4.69, 9.17) is 47.4 Å². The van der Waals surface area contributed by atoms with Gasteiger partial charge < -0.3 is 78.0 Å². The maximum Gasteiger partial charge on any atom is 0.316 e. The molecule has 12 rings (SSSR count). The summed E-state index contributed by atoms with van der Waals surface area (Å²) in [5.41, 5.74) is 4.14. The third-order valence-corrected chi connectivity index (χ3v) is 26.1. The van der Waals surface area contributed by atoms with E-state index in [0.717, 1.165) is 74.5 Å². The fraction of sp³-hybridized carbons (Fsp3) is 0.740. The van der Waals surface area contributed by atoms with Crippen molar-refractivity contribution in [2.75, 3.05) is 20.8 Å². The highest BCUT2D eigenvalue weighted by molar-refractivity contribution is 5.79. The Balaban J connectivity index is 0.000000233. The van der Waals surface area contributed by atoms with Crippen molar-refractivity contribution in [2.45, 2.75) is 289 Å². The number of ether oxygens (including phenoxy) is 10. The van der Waals surface area contributed by atoms with Crippen LogP contribution in [0.3, 0.4) is 0 Å². The number of fused-ring (bicyclic) bond motifs is 9. The number of rotatable bonds is 9. The van der Waals surface area contributed by atoms with Crippen LogP contribution in [-0.4, -0.2) is 161 Å². The quantitative estimate of drug-likeness (QED) is 0.0764. The van der Waals surface area contributed by atoms with Crippen LogP contribution in [0.25, 0.3) is 0 Å². The van der Waals surface area contributed by atoms with E-state index in [2.05, 4.69) is 73.6 Å². The number of aliphatic carboxylic acids is 1. The van der Waals surface area contributed by atoms with Gasteiger partial charge in [0.2, 0.25) is 0 Å². The highest BCUT2D eigenvalue weighted by Crippen LogP contribution is 2.75. The number of allylic oxidation sites excluding steroid dienone is 4. The van der Waals surface area contributed by atoms with Gasteiger partial charge in [-0.25, -0.2) is 0 Å². The maximum absolute atomic E-state index is 14.3. The van der Waals surface area contributed by atoms with Gasteiger partial charge in [0.25, 0.3) is 0 Å². The number of benzene rings is 1. The Morgan fingerprint density at radius 2 is 1.49 bits per heavy atom. The number of hydrogen-bond acceptors (Lipinski definition) is 17. The summed E-state index contributed by atoms with van der Waals surface area (Å²) in [5.74, 6) is -2.85. The Kier molecular flexibility index (Phi) is 20.5.